The van der Waals surface area contributed by atoms with Crippen molar-refractivity contribution in [2.45, 2.75) is 13.0 Å². The van der Waals surface area contributed by atoms with Gasteiger partial charge in [-0.3, -0.25) is 0 Å². The van der Waals surface area contributed by atoms with E-state index in [1.54, 1.807) is 31.2 Å². The van der Waals surface area contributed by atoms with E-state index in [0.29, 0.717) is 21.9 Å². The molecule has 27 heavy (non-hydrogen) atoms. The molecule has 0 amide bonds. The molecule has 4 aromatic rings. The Balaban J connectivity index is 1.64. The van der Waals surface area contributed by atoms with Gasteiger partial charge in [0.2, 0.25) is 0 Å². The summed E-state index contributed by atoms with van der Waals surface area (Å²) >= 11 is 6.19. The summed E-state index contributed by atoms with van der Waals surface area (Å²) in [5, 5.41) is 5.40. The number of benzene rings is 3. The van der Waals surface area contributed by atoms with Crippen molar-refractivity contribution < 1.29 is 14.1 Å². The van der Waals surface area contributed by atoms with Crippen LogP contribution in [0.5, 0.6) is 0 Å². The van der Waals surface area contributed by atoms with E-state index in [9.17, 15) is 4.79 Å². The zero-order valence-corrected chi connectivity index (χ0v) is 15.3. The summed E-state index contributed by atoms with van der Waals surface area (Å²) in [6, 6.07) is 22.1. The first-order valence-corrected chi connectivity index (χ1v) is 8.91. The molecule has 0 aliphatic carbocycles. The molecular formula is C22H16ClNO3. The zero-order valence-electron chi connectivity index (χ0n) is 14.6. The first-order chi connectivity index (χ1) is 13.1. The molecule has 4 rings (SSSR count). The summed E-state index contributed by atoms with van der Waals surface area (Å²) < 4.78 is 11.1. The lowest BCUT2D eigenvalue weighted by atomic mass is 10.1. The maximum atomic E-state index is 12.6. The molecule has 0 spiro atoms. The van der Waals surface area contributed by atoms with E-state index in [1.807, 2.05) is 48.5 Å². The Bertz CT molecular complexity index is 1100. The zero-order chi connectivity index (χ0) is 18.8. The Hall–Kier alpha value is -3.11. The molecule has 0 saturated heterocycles. The van der Waals surface area contributed by atoms with Crippen LogP contribution in [0.1, 0.15) is 28.9 Å². The Morgan fingerprint density at radius 3 is 2.56 bits per heavy atom. The van der Waals surface area contributed by atoms with Crippen LogP contribution in [0.3, 0.4) is 0 Å². The number of carbonyl (C=O) groups excluding carboxylic acids is 1. The van der Waals surface area contributed by atoms with E-state index in [2.05, 4.69) is 5.16 Å². The van der Waals surface area contributed by atoms with E-state index in [1.165, 1.54) is 0 Å². The minimum Gasteiger partial charge on any atom is -0.454 e. The maximum Gasteiger partial charge on any atom is 0.338 e. The summed E-state index contributed by atoms with van der Waals surface area (Å²) in [6.07, 6.45) is -0.460. The highest BCUT2D eigenvalue weighted by molar-refractivity contribution is 6.31. The van der Waals surface area contributed by atoms with Crippen molar-refractivity contribution in [2.24, 2.45) is 0 Å². The molecule has 0 unspecified atom stereocenters. The van der Waals surface area contributed by atoms with Gasteiger partial charge in [0.15, 0.2) is 5.76 Å². The number of rotatable bonds is 4. The predicted molar refractivity (Wildman–Crippen MR) is 105 cm³/mol. The lowest BCUT2D eigenvalue weighted by Gasteiger charge is -2.15. The van der Waals surface area contributed by atoms with Gasteiger partial charge in [-0.25, -0.2) is 4.79 Å². The number of hydrogen-bond donors (Lipinski definition) is 0. The number of aromatic nitrogens is 1. The predicted octanol–water partition coefficient (Wildman–Crippen LogP) is 6.07. The van der Waals surface area contributed by atoms with Crippen molar-refractivity contribution in [3.8, 4) is 11.3 Å². The minimum absolute atomic E-state index is 0.426. The standard InChI is InChI=1S/C22H16ClNO3/c1-14(17-9-5-6-10-19(17)23)26-22(25)16-11-12-20-18(13-16)21(27-24-20)15-7-3-2-4-8-15/h2-14H,1H3/t14-/m0/s1. The van der Waals surface area contributed by atoms with Gasteiger partial charge in [-0.15, -0.1) is 0 Å². The molecule has 0 N–H and O–H groups in total. The van der Waals surface area contributed by atoms with E-state index in [4.69, 9.17) is 20.9 Å². The van der Waals surface area contributed by atoms with Crippen LogP contribution in [0.15, 0.2) is 77.3 Å². The van der Waals surface area contributed by atoms with E-state index in [-0.39, 0.29) is 0 Å². The molecule has 3 aromatic carbocycles. The number of nitrogens with zero attached hydrogens (tertiary/aromatic N) is 1. The van der Waals surface area contributed by atoms with Crippen LogP contribution in [0.4, 0.5) is 0 Å². The van der Waals surface area contributed by atoms with Gasteiger partial charge in [-0.1, -0.05) is 65.3 Å². The van der Waals surface area contributed by atoms with Crippen LogP contribution in [0.2, 0.25) is 5.02 Å². The first-order valence-electron chi connectivity index (χ1n) is 8.54. The van der Waals surface area contributed by atoms with E-state index >= 15 is 0 Å². The van der Waals surface area contributed by atoms with Crippen LogP contribution >= 0.6 is 11.6 Å². The van der Waals surface area contributed by atoms with E-state index < -0.39 is 12.1 Å². The highest BCUT2D eigenvalue weighted by atomic mass is 35.5. The summed E-state index contributed by atoms with van der Waals surface area (Å²) in [5.74, 6) is 0.198. The van der Waals surface area contributed by atoms with Gasteiger partial charge in [-0.05, 0) is 31.2 Å². The average molecular weight is 378 g/mol. The molecule has 0 bridgehead atoms. The quantitative estimate of drug-likeness (QED) is 0.405. The molecule has 0 aliphatic rings. The van der Waals surface area contributed by atoms with Gasteiger partial charge in [-0.2, -0.15) is 0 Å². The Labute approximate surface area is 161 Å². The highest BCUT2D eigenvalue weighted by Gasteiger charge is 2.18. The Kier molecular flexibility index (Phi) is 4.65. The molecule has 134 valence electrons. The molecule has 0 radical (unpaired) electrons. The summed E-state index contributed by atoms with van der Waals surface area (Å²) in [5.41, 5.74) is 2.78. The van der Waals surface area contributed by atoms with Crippen LogP contribution in [-0.2, 0) is 4.74 Å². The van der Waals surface area contributed by atoms with Gasteiger partial charge in [0.25, 0.3) is 0 Å². The molecular weight excluding hydrogens is 362 g/mol. The third-order valence-electron chi connectivity index (χ3n) is 4.38. The number of esters is 1. The van der Waals surface area contributed by atoms with Gasteiger partial charge in [0, 0.05) is 16.1 Å². The monoisotopic (exact) mass is 377 g/mol. The topological polar surface area (TPSA) is 52.3 Å². The van der Waals surface area contributed by atoms with E-state index in [0.717, 1.165) is 16.5 Å². The number of hydrogen-bond acceptors (Lipinski definition) is 4. The Morgan fingerprint density at radius 2 is 1.78 bits per heavy atom. The lowest BCUT2D eigenvalue weighted by molar-refractivity contribution is 0.0338. The molecule has 0 aliphatic heterocycles. The van der Waals surface area contributed by atoms with Crippen LogP contribution in [-0.4, -0.2) is 11.1 Å². The molecule has 0 saturated carbocycles. The van der Waals surface area contributed by atoms with Gasteiger partial charge >= 0.3 is 5.97 Å². The number of carbonyl (C=O) groups is 1. The summed E-state index contributed by atoms with van der Waals surface area (Å²) in [6.45, 7) is 1.80. The van der Waals surface area contributed by atoms with Gasteiger partial charge < -0.3 is 9.26 Å². The highest BCUT2D eigenvalue weighted by Crippen LogP contribution is 2.30. The second kappa shape index (κ2) is 7.25. The second-order valence-corrected chi connectivity index (χ2v) is 6.59. The largest absolute Gasteiger partial charge is 0.454 e. The molecule has 1 aromatic heterocycles. The normalized spacial score (nSPS) is 12.1. The molecule has 1 heterocycles. The van der Waals surface area contributed by atoms with Gasteiger partial charge in [0.05, 0.1) is 10.9 Å². The fraction of sp³-hybridized carbons (Fsp3) is 0.0909. The van der Waals surface area contributed by atoms with Crippen molar-refractivity contribution in [3.05, 3.63) is 88.9 Å². The van der Waals surface area contributed by atoms with Crippen molar-refractivity contribution in [2.75, 3.05) is 0 Å². The molecule has 0 fully saturated rings. The third kappa shape index (κ3) is 3.44. The lowest BCUT2D eigenvalue weighted by Crippen LogP contribution is -2.09. The summed E-state index contributed by atoms with van der Waals surface area (Å²) in [4.78, 5) is 12.6. The molecule has 4 nitrogen and oxygen atoms in total. The minimum atomic E-state index is -0.460. The summed E-state index contributed by atoms with van der Waals surface area (Å²) in [7, 11) is 0. The SMILES string of the molecule is C[C@H](OC(=O)c1ccc2noc(-c3ccccc3)c2c1)c1ccccc1Cl. The molecule has 5 heteroatoms. The fourth-order valence-corrected chi connectivity index (χ4v) is 3.25. The Morgan fingerprint density at radius 1 is 1.04 bits per heavy atom. The van der Waals surface area contributed by atoms with Crippen molar-refractivity contribution in [1.82, 2.24) is 5.16 Å². The number of fused-ring (bicyclic) bond motifs is 1. The fourth-order valence-electron chi connectivity index (χ4n) is 2.96. The van der Waals surface area contributed by atoms with Crippen molar-refractivity contribution >= 4 is 28.5 Å². The van der Waals surface area contributed by atoms with Crippen molar-refractivity contribution in [3.63, 3.8) is 0 Å². The van der Waals surface area contributed by atoms with Gasteiger partial charge in [0.1, 0.15) is 11.6 Å². The van der Waals surface area contributed by atoms with Crippen LogP contribution in [0, 0.1) is 0 Å². The smallest absolute Gasteiger partial charge is 0.338 e. The first kappa shape index (κ1) is 17.3. The average Bonchev–Trinajstić information content (AvgIpc) is 3.12. The molecule has 1 atom stereocenters. The van der Waals surface area contributed by atoms with Crippen molar-refractivity contribution in [1.29, 1.82) is 0 Å². The van der Waals surface area contributed by atoms with Crippen LogP contribution < -0.4 is 0 Å². The van der Waals surface area contributed by atoms with Crippen LogP contribution in [0.25, 0.3) is 22.2 Å². The number of ether oxygens (including phenoxy) is 1. The maximum absolute atomic E-state index is 12.6. The third-order valence-corrected chi connectivity index (χ3v) is 4.72. The number of halogens is 1. The second-order valence-electron chi connectivity index (χ2n) is 6.18.